The van der Waals surface area contributed by atoms with Crippen molar-refractivity contribution in [2.24, 2.45) is 11.5 Å². The van der Waals surface area contributed by atoms with Gasteiger partial charge in [-0.1, -0.05) is 0 Å². The van der Waals surface area contributed by atoms with E-state index >= 15 is 0 Å². The molecule has 0 spiro atoms. The van der Waals surface area contributed by atoms with E-state index in [9.17, 15) is 18.9 Å². The van der Waals surface area contributed by atoms with Crippen LogP contribution < -0.4 is 16.8 Å². The van der Waals surface area contributed by atoms with Crippen LogP contribution in [0.1, 0.15) is 6.42 Å². The van der Waals surface area contributed by atoms with E-state index in [4.69, 9.17) is 26.4 Å². The van der Waals surface area contributed by atoms with E-state index in [2.05, 4.69) is 4.52 Å². The maximum atomic E-state index is 11.4. The first-order valence-corrected chi connectivity index (χ1v) is 6.33. The topological polar surface area (TPSA) is 202 Å². The van der Waals surface area contributed by atoms with Crippen molar-refractivity contribution in [1.29, 1.82) is 0 Å². The average molecular weight is 299 g/mol. The van der Waals surface area contributed by atoms with Crippen molar-refractivity contribution in [3.63, 3.8) is 0 Å². The second kappa shape index (κ2) is 7.16. The fraction of sp³-hybridized carbons (Fsp3) is 0.571. The number of phosphoric acid groups is 1. The molecule has 0 aromatic heterocycles. The summed E-state index contributed by atoms with van der Waals surface area (Å²) in [7, 11) is -4.87. The molecule has 0 aliphatic heterocycles. The molecule has 11 nitrogen and oxygen atoms in total. The smallest absolute Gasteiger partial charge is 0.469 e. The summed E-state index contributed by atoms with van der Waals surface area (Å²) in [6.07, 6.45) is -0.502. The van der Waals surface area contributed by atoms with Crippen molar-refractivity contribution in [2.75, 3.05) is 6.61 Å². The van der Waals surface area contributed by atoms with E-state index in [0.717, 1.165) is 0 Å². The number of amides is 2. The van der Waals surface area contributed by atoms with Crippen molar-refractivity contribution in [3.8, 4) is 0 Å². The lowest BCUT2D eigenvalue weighted by molar-refractivity contribution is -0.143. The Kier molecular flexibility index (Phi) is 6.59. The monoisotopic (exact) mass is 299 g/mol. The first-order chi connectivity index (χ1) is 8.53. The predicted octanol–water partition coefficient (Wildman–Crippen LogP) is -3.13. The minimum Gasteiger partial charge on any atom is -0.480 e. The Bertz CT molecular complexity index is 407. The summed E-state index contributed by atoms with van der Waals surface area (Å²) >= 11 is 0. The highest BCUT2D eigenvalue weighted by Crippen LogP contribution is 2.35. The van der Waals surface area contributed by atoms with Gasteiger partial charge in [0.25, 0.3) is 0 Å². The Morgan fingerprint density at radius 3 is 2.21 bits per heavy atom. The average Bonchev–Trinajstić information content (AvgIpc) is 2.20. The van der Waals surface area contributed by atoms with Gasteiger partial charge in [-0.15, -0.1) is 0 Å². The number of primary amides is 1. The molecule has 19 heavy (non-hydrogen) atoms. The summed E-state index contributed by atoms with van der Waals surface area (Å²) in [5.41, 5.74) is 10.0. The van der Waals surface area contributed by atoms with Gasteiger partial charge in [0.1, 0.15) is 0 Å². The fourth-order valence-electron chi connectivity index (χ4n) is 0.935. The molecule has 0 aliphatic rings. The van der Waals surface area contributed by atoms with Crippen LogP contribution in [-0.2, 0) is 23.5 Å². The molecule has 0 saturated heterocycles. The van der Waals surface area contributed by atoms with Gasteiger partial charge in [-0.25, -0.2) is 9.36 Å². The number of carboxylic acids is 1. The SMILES string of the molecule is NC(=O)C[C@H](N)C(=O)N[C@@H](COP(=O)(O)O)C(=O)O. The van der Waals surface area contributed by atoms with E-state index in [1.807, 2.05) is 5.32 Å². The minimum atomic E-state index is -4.87. The Hall–Kier alpha value is -1.52. The van der Waals surface area contributed by atoms with E-state index in [1.54, 1.807) is 0 Å². The molecule has 0 bridgehead atoms. The predicted molar refractivity (Wildman–Crippen MR) is 59.3 cm³/mol. The van der Waals surface area contributed by atoms with Crippen LogP contribution >= 0.6 is 7.82 Å². The second-order valence-electron chi connectivity index (χ2n) is 3.46. The summed E-state index contributed by atoms with van der Waals surface area (Å²) in [6.45, 7) is -0.964. The lowest BCUT2D eigenvalue weighted by atomic mass is 10.2. The van der Waals surface area contributed by atoms with E-state index in [1.165, 1.54) is 0 Å². The van der Waals surface area contributed by atoms with Crippen LogP contribution in [0, 0.1) is 0 Å². The number of rotatable bonds is 8. The van der Waals surface area contributed by atoms with Crippen LogP contribution in [0.3, 0.4) is 0 Å². The Labute approximate surface area is 107 Å². The molecule has 0 unspecified atom stereocenters. The molecule has 0 aromatic rings. The van der Waals surface area contributed by atoms with E-state index in [0.29, 0.717) is 0 Å². The second-order valence-corrected chi connectivity index (χ2v) is 4.70. The number of hydrogen-bond donors (Lipinski definition) is 6. The maximum absolute atomic E-state index is 11.4. The number of carbonyl (C=O) groups excluding carboxylic acids is 2. The largest absolute Gasteiger partial charge is 0.480 e. The quantitative estimate of drug-likeness (QED) is 0.250. The van der Waals surface area contributed by atoms with Crippen LogP contribution in [0.15, 0.2) is 0 Å². The fourth-order valence-corrected chi connectivity index (χ4v) is 1.28. The molecule has 8 N–H and O–H groups in total. The number of phosphoric ester groups is 1. The van der Waals surface area contributed by atoms with E-state index in [-0.39, 0.29) is 0 Å². The minimum absolute atomic E-state index is 0.502. The summed E-state index contributed by atoms with van der Waals surface area (Å²) in [6, 6.07) is -3.09. The van der Waals surface area contributed by atoms with Crippen LogP contribution in [0.5, 0.6) is 0 Å². The molecule has 0 radical (unpaired) electrons. The summed E-state index contributed by atoms with van der Waals surface area (Å²) < 4.78 is 14.4. The van der Waals surface area contributed by atoms with Gasteiger partial charge in [0.2, 0.25) is 11.8 Å². The van der Waals surface area contributed by atoms with Crippen LogP contribution in [0.2, 0.25) is 0 Å². The first-order valence-electron chi connectivity index (χ1n) is 4.80. The van der Waals surface area contributed by atoms with Crippen LogP contribution in [0.25, 0.3) is 0 Å². The van der Waals surface area contributed by atoms with Gasteiger partial charge in [0.15, 0.2) is 6.04 Å². The van der Waals surface area contributed by atoms with Crippen molar-refractivity contribution >= 4 is 25.6 Å². The zero-order valence-electron chi connectivity index (χ0n) is 9.55. The van der Waals surface area contributed by atoms with Gasteiger partial charge in [-0.05, 0) is 0 Å². The van der Waals surface area contributed by atoms with Crippen molar-refractivity contribution in [3.05, 3.63) is 0 Å². The molecule has 0 aromatic carbocycles. The van der Waals surface area contributed by atoms with Crippen LogP contribution in [-0.4, -0.2) is 51.4 Å². The van der Waals surface area contributed by atoms with Crippen molar-refractivity contribution in [2.45, 2.75) is 18.5 Å². The Morgan fingerprint density at radius 2 is 1.84 bits per heavy atom. The van der Waals surface area contributed by atoms with Gasteiger partial charge >= 0.3 is 13.8 Å². The van der Waals surface area contributed by atoms with Gasteiger partial charge < -0.3 is 31.7 Å². The maximum Gasteiger partial charge on any atom is 0.469 e. The number of nitrogens with one attached hydrogen (secondary N) is 1. The zero-order valence-corrected chi connectivity index (χ0v) is 10.4. The van der Waals surface area contributed by atoms with E-state index < -0.39 is 50.7 Å². The number of carboxylic acid groups (broad SMARTS) is 1. The lowest BCUT2D eigenvalue weighted by Gasteiger charge is -2.17. The molecule has 0 rings (SSSR count). The molecular weight excluding hydrogens is 285 g/mol. The zero-order chi connectivity index (χ0) is 15.2. The van der Waals surface area contributed by atoms with Crippen molar-refractivity contribution < 1.29 is 38.4 Å². The Morgan fingerprint density at radius 1 is 1.32 bits per heavy atom. The van der Waals surface area contributed by atoms with Gasteiger partial charge in [-0.3, -0.25) is 14.1 Å². The number of nitrogens with two attached hydrogens (primary N) is 2. The van der Waals surface area contributed by atoms with Crippen molar-refractivity contribution in [1.82, 2.24) is 5.32 Å². The molecule has 0 aliphatic carbocycles. The molecule has 0 saturated carbocycles. The van der Waals surface area contributed by atoms with Crippen LogP contribution in [0.4, 0.5) is 0 Å². The van der Waals surface area contributed by atoms with Gasteiger partial charge in [0, 0.05) is 0 Å². The molecule has 2 atom stereocenters. The highest BCUT2D eigenvalue weighted by molar-refractivity contribution is 7.46. The standard InChI is InChI=1S/C7H14N3O8P/c8-3(1-5(9)11)6(12)10-4(7(13)14)2-18-19(15,16)17/h3-4H,1-2,8H2,(H2,9,11)(H,10,12)(H,13,14)(H2,15,16,17)/t3-,4-/m0/s1. The molecule has 0 fully saturated rings. The summed E-state index contributed by atoms with van der Waals surface area (Å²) in [5.74, 6) is -3.46. The highest BCUT2D eigenvalue weighted by Gasteiger charge is 2.27. The number of carbonyl (C=O) groups is 3. The molecule has 0 heterocycles. The number of hydrogen-bond acceptors (Lipinski definition) is 6. The third-order valence-corrected chi connectivity index (χ3v) is 2.27. The van der Waals surface area contributed by atoms with Gasteiger partial charge in [-0.2, -0.15) is 0 Å². The third kappa shape index (κ3) is 8.24. The lowest BCUT2D eigenvalue weighted by Crippen LogP contribution is -2.51. The summed E-state index contributed by atoms with van der Waals surface area (Å²) in [4.78, 5) is 49.4. The number of aliphatic carboxylic acids is 1. The normalized spacial score (nSPS) is 14.5. The molecular formula is C7H14N3O8P. The molecule has 12 heteroatoms. The molecule has 2 amide bonds. The molecule has 110 valence electrons. The first kappa shape index (κ1) is 17.5. The highest BCUT2D eigenvalue weighted by atomic mass is 31.2. The third-order valence-electron chi connectivity index (χ3n) is 1.78. The Balaban J connectivity index is 4.50. The summed E-state index contributed by atoms with van der Waals surface area (Å²) in [5, 5.41) is 10.6. The van der Waals surface area contributed by atoms with Gasteiger partial charge in [0.05, 0.1) is 19.1 Å².